The van der Waals surface area contributed by atoms with E-state index in [1.165, 1.54) is 6.07 Å². The van der Waals surface area contributed by atoms with Crippen LogP contribution in [-0.2, 0) is 9.53 Å². The van der Waals surface area contributed by atoms with Crippen LogP contribution in [0.4, 0.5) is 11.5 Å². The molecule has 0 unspecified atom stereocenters. The standard InChI is InChI=1S/C15H21N3O4/c1-3-22-14(19)15(8-4-5-9-15)10-16-13-7-6-12(18(20)21)11(2)17-13/h6-7H,3-5,8-10H2,1-2H3,(H,16,17). The van der Waals surface area contributed by atoms with E-state index in [9.17, 15) is 14.9 Å². The zero-order chi connectivity index (χ0) is 16.2. The van der Waals surface area contributed by atoms with Gasteiger partial charge in [0.1, 0.15) is 11.5 Å². The molecule has 1 heterocycles. The van der Waals surface area contributed by atoms with E-state index >= 15 is 0 Å². The maximum atomic E-state index is 12.2. The van der Waals surface area contributed by atoms with Crippen molar-refractivity contribution in [2.75, 3.05) is 18.5 Å². The van der Waals surface area contributed by atoms with Gasteiger partial charge in [0.15, 0.2) is 0 Å². The number of anilines is 1. The summed E-state index contributed by atoms with van der Waals surface area (Å²) in [4.78, 5) is 26.8. The molecule has 1 fully saturated rings. The quantitative estimate of drug-likeness (QED) is 0.493. The van der Waals surface area contributed by atoms with Crippen LogP contribution >= 0.6 is 0 Å². The van der Waals surface area contributed by atoms with Crippen LogP contribution in [0.5, 0.6) is 0 Å². The summed E-state index contributed by atoms with van der Waals surface area (Å²) in [6, 6.07) is 3.00. The van der Waals surface area contributed by atoms with E-state index in [1.807, 2.05) is 0 Å². The van der Waals surface area contributed by atoms with E-state index in [4.69, 9.17) is 4.74 Å². The zero-order valence-corrected chi connectivity index (χ0v) is 12.9. The second-order valence-electron chi connectivity index (χ2n) is 5.62. The Morgan fingerprint density at radius 1 is 1.45 bits per heavy atom. The number of rotatable bonds is 6. The summed E-state index contributed by atoms with van der Waals surface area (Å²) in [5.41, 5.74) is -0.161. The number of esters is 1. The molecule has 0 bridgehead atoms. The molecular weight excluding hydrogens is 286 g/mol. The molecule has 0 amide bonds. The SMILES string of the molecule is CCOC(=O)C1(CNc2ccc([N+](=O)[O-])c(C)n2)CCCC1. The van der Waals surface area contributed by atoms with Crippen molar-refractivity contribution in [3.63, 3.8) is 0 Å². The van der Waals surface area contributed by atoms with Gasteiger partial charge in [0.05, 0.1) is 16.9 Å². The lowest BCUT2D eigenvalue weighted by Crippen LogP contribution is -2.37. The van der Waals surface area contributed by atoms with Crippen molar-refractivity contribution in [2.24, 2.45) is 5.41 Å². The lowest BCUT2D eigenvalue weighted by atomic mass is 9.86. The van der Waals surface area contributed by atoms with Crippen LogP contribution in [0.3, 0.4) is 0 Å². The Bertz CT molecular complexity index is 568. The van der Waals surface area contributed by atoms with E-state index < -0.39 is 10.3 Å². The molecule has 0 aromatic carbocycles. The number of hydrogen-bond acceptors (Lipinski definition) is 6. The van der Waals surface area contributed by atoms with Gasteiger partial charge in [0, 0.05) is 12.6 Å². The third-order valence-corrected chi connectivity index (χ3v) is 4.13. The minimum absolute atomic E-state index is 0.00785. The molecule has 0 aliphatic heterocycles. The molecule has 0 saturated heterocycles. The minimum Gasteiger partial charge on any atom is -0.466 e. The molecule has 22 heavy (non-hydrogen) atoms. The fourth-order valence-electron chi connectivity index (χ4n) is 2.89. The first-order valence-electron chi connectivity index (χ1n) is 7.51. The van der Waals surface area contributed by atoms with Crippen LogP contribution < -0.4 is 5.32 Å². The molecule has 1 N–H and O–H groups in total. The second-order valence-corrected chi connectivity index (χ2v) is 5.62. The predicted octanol–water partition coefficient (Wildman–Crippen LogP) is 2.83. The third kappa shape index (κ3) is 3.35. The topological polar surface area (TPSA) is 94.4 Å². The van der Waals surface area contributed by atoms with E-state index in [2.05, 4.69) is 10.3 Å². The average molecular weight is 307 g/mol. The number of carbonyl (C=O) groups is 1. The van der Waals surface area contributed by atoms with Crippen molar-refractivity contribution in [3.05, 3.63) is 27.9 Å². The summed E-state index contributed by atoms with van der Waals surface area (Å²) in [7, 11) is 0. The summed E-state index contributed by atoms with van der Waals surface area (Å²) in [5.74, 6) is 0.373. The molecule has 1 saturated carbocycles. The van der Waals surface area contributed by atoms with Gasteiger partial charge in [0.25, 0.3) is 5.69 Å². The molecular formula is C15H21N3O4. The smallest absolute Gasteiger partial charge is 0.313 e. The number of aryl methyl sites for hydroxylation is 1. The number of pyridine rings is 1. The highest BCUT2D eigenvalue weighted by molar-refractivity contribution is 5.78. The summed E-state index contributed by atoms with van der Waals surface area (Å²) < 4.78 is 5.20. The first-order valence-corrected chi connectivity index (χ1v) is 7.51. The van der Waals surface area contributed by atoms with Crippen LogP contribution in [0.15, 0.2) is 12.1 Å². The van der Waals surface area contributed by atoms with Crippen LogP contribution in [-0.4, -0.2) is 29.0 Å². The Hall–Kier alpha value is -2.18. The van der Waals surface area contributed by atoms with Crippen LogP contribution in [0.1, 0.15) is 38.3 Å². The lowest BCUT2D eigenvalue weighted by molar-refractivity contribution is -0.385. The van der Waals surface area contributed by atoms with Crippen LogP contribution in [0.2, 0.25) is 0 Å². The third-order valence-electron chi connectivity index (χ3n) is 4.13. The minimum atomic E-state index is -0.507. The molecule has 1 aliphatic rings. The van der Waals surface area contributed by atoms with E-state index in [1.54, 1.807) is 19.9 Å². The van der Waals surface area contributed by atoms with Crippen molar-refractivity contribution in [1.29, 1.82) is 0 Å². The molecule has 7 nitrogen and oxygen atoms in total. The van der Waals surface area contributed by atoms with Gasteiger partial charge in [-0.15, -0.1) is 0 Å². The van der Waals surface area contributed by atoms with Crippen molar-refractivity contribution in [2.45, 2.75) is 39.5 Å². The molecule has 1 aromatic heterocycles. The van der Waals surface area contributed by atoms with Crippen LogP contribution in [0.25, 0.3) is 0 Å². The molecule has 7 heteroatoms. The van der Waals surface area contributed by atoms with Gasteiger partial charge < -0.3 is 10.1 Å². The average Bonchev–Trinajstić information content (AvgIpc) is 2.95. The monoisotopic (exact) mass is 307 g/mol. The number of ether oxygens (including phenoxy) is 1. The number of carbonyl (C=O) groups excluding carboxylic acids is 1. The predicted molar refractivity (Wildman–Crippen MR) is 81.7 cm³/mol. The van der Waals surface area contributed by atoms with Gasteiger partial charge >= 0.3 is 5.97 Å². The highest BCUT2D eigenvalue weighted by Crippen LogP contribution is 2.39. The Morgan fingerprint density at radius 3 is 2.68 bits per heavy atom. The van der Waals surface area contributed by atoms with E-state index in [0.717, 1.165) is 25.7 Å². The largest absolute Gasteiger partial charge is 0.466 e. The van der Waals surface area contributed by atoms with Crippen molar-refractivity contribution in [1.82, 2.24) is 4.98 Å². The Labute approximate surface area is 129 Å². The maximum Gasteiger partial charge on any atom is 0.313 e. The van der Waals surface area contributed by atoms with Gasteiger partial charge in [-0.3, -0.25) is 14.9 Å². The molecule has 0 radical (unpaired) electrons. The fourth-order valence-corrected chi connectivity index (χ4v) is 2.89. The van der Waals surface area contributed by atoms with Crippen molar-refractivity contribution >= 4 is 17.5 Å². The molecule has 1 aromatic rings. The maximum absolute atomic E-state index is 12.2. The molecule has 1 aliphatic carbocycles. The highest BCUT2D eigenvalue weighted by Gasteiger charge is 2.42. The lowest BCUT2D eigenvalue weighted by Gasteiger charge is -2.26. The molecule has 0 atom stereocenters. The van der Waals surface area contributed by atoms with Gasteiger partial charge in [0.2, 0.25) is 0 Å². The normalized spacial score (nSPS) is 16.3. The number of hydrogen-bond donors (Lipinski definition) is 1. The first kappa shape index (κ1) is 16.2. The number of nitro groups is 1. The van der Waals surface area contributed by atoms with Gasteiger partial charge in [-0.1, -0.05) is 12.8 Å². The Balaban J connectivity index is 2.08. The highest BCUT2D eigenvalue weighted by atomic mass is 16.6. The Kier molecular flexibility index (Phi) is 4.95. The van der Waals surface area contributed by atoms with Gasteiger partial charge in [-0.2, -0.15) is 0 Å². The molecule has 120 valence electrons. The van der Waals surface area contributed by atoms with E-state index in [0.29, 0.717) is 24.7 Å². The van der Waals surface area contributed by atoms with Crippen molar-refractivity contribution < 1.29 is 14.5 Å². The zero-order valence-electron chi connectivity index (χ0n) is 12.9. The summed E-state index contributed by atoms with van der Waals surface area (Å²) >= 11 is 0. The first-order chi connectivity index (χ1) is 10.5. The second kappa shape index (κ2) is 6.72. The van der Waals surface area contributed by atoms with Crippen molar-refractivity contribution in [3.8, 4) is 0 Å². The van der Waals surface area contributed by atoms with Gasteiger partial charge in [-0.05, 0) is 32.8 Å². The van der Waals surface area contributed by atoms with Gasteiger partial charge in [-0.25, -0.2) is 4.98 Å². The molecule has 0 spiro atoms. The number of aromatic nitrogens is 1. The number of nitrogens with zero attached hydrogens (tertiary/aromatic N) is 2. The van der Waals surface area contributed by atoms with Crippen LogP contribution in [0, 0.1) is 22.5 Å². The summed E-state index contributed by atoms with van der Waals surface area (Å²) in [6.07, 6.45) is 3.61. The molecule has 2 rings (SSSR count). The number of nitrogens with one attached hydrogen (secondary N) is 1. The fraction of sp³-hybridized carbons (Fsp3) is 0.600. The Morgan fingerprint density at radius 2 is 2.14 bits per heavy atom. The summed E-state index contributed by atoms with van der Waals surface area (Å²) in [6.45, 7) is 4.21. The summed E-state index contributed by atoms with van der Waals surface area (Å²) in [5, 5.41) is 13.9. The van der Waals surface area contributed by atoms with E-state index in [-0.39, 0.29) is 11.7 Å².